The zero-order valence-corrected chi connectivity index (χ0v) is 17.0. The molecule has 2 amide bonds. The van der Waals surface area contributed by atoms with Crippen molar-refractivity contribution in [1.82, 2.24) is 20.2 Å². The van der Waals surface area contributed by atoms with E-state index in [4.69, 9.17) is 4.98 Å². The normalized spacial score (nSPS) is 14.8. The molecule has 1 N–H and O–H groups in total. The van der Waals surface area contributed by atoms with Crippen LogP contribution in [-0.2, 0) is 0 Å². The molecule has 4 rings (SSSR count). The number of urea groups is 1. The monoisotopic (exact) mass is 389 g/mol. The van der Waals surface area contributed by atoms with E-state index in [0.717, 1.165) is 43.1 Å². The number of amides is 2. The van der Waals surface area contributed by atoms with E-state index in [1.165, 1.54) is 10.8 Å². The fraction of sp³-hybridized carbons (Fsp3) is 0.348. The highest BCUT2D eigenvalue weighted by atomic mass is 16.2. The van der Waals surface area contributed by atoms with Crippen LogP contribution in [-0.4, -0.2) is 53.6 Å². The number of nitrogens with one attached hydrogen (secondary N) is 1. The molecule has 1 fully saturated rings. The fourth-order valence-corrected chi connectivity index (χ4v) is 3.91. The lowest BCUT2D eigenvalue weighted by Gasteiger charge is -2.36. The number of benzene rings is 2. The summed E-state index contributed by atoms with van der Waals surface area (Å²) in [7, 11) is 2.05. The number of piperidine rings is 1. The maximum absolute atomic E-state index is 12.0. The predicted molar refractivity (Wildman–Crippen MR) is 117 cm³/mol. The average molecular weight is 390 g/mol. The van der Waals surface area contributed by atoms with Gasteiger partial charge in [0.25, 0.3) is 0 Å². The number of fused-ring (bicyclic) bond motifs is 1. The Morgan fingerprint density at radius 3 is 2.66 bits per heavy atom. The molecule has 0 bridgehead atoms. The topological polar surface area (TPSA) is 61.4 Å². The van der Waals surface area contributed by atoms with Crippen LogP contribution in [0.2, 0.25) is 0 Å². The first-order valence-electron chi connectivity index (χ1n) is 10.2. The number of hydrogen-bond donors (Lipinski definition) is 1. The molecule has 1 aliphatic rings. The van der Waals surface area contributed by atoms with Gasteiger partial charge in [0.15, 0.2) is 0 Å². The van der Waals surface area contributed by atoms with Crippen molar-refractivity contribution in [3.63, 3.8) is 0 Å². The summed E-state index contributed by atoms with van der Waals surface area (Å²) in [6.45, 7) is 4.11. The van der Waals surface area contributed by atoms with Crippen LogP contribution in [0.3, 0.4) is 0 Å². The number of nitrogens with zero attached hydrogens (tertiary/aromatic N) is 4. The maximum atomic E-state index is 12.0. The van der Waals surface area contributed by atoms with Crippen molar-refractivity contribution in [2.24, 2.45) is 0 Å². The van der Waals surface area contributed by atoms with Crippen LogP contribution in [0.25, 0.3) is 22.0 Å². The number of carbonyl (C=O) groups is 1. The largest absolute Gasteiger partial charge is 0.341 e. The molecule has 0 radical (unpaired) electrons. The SMILES string of the molecule is CCNC(=O)N1CCC(N(C)c2nccc(-c3ccc4ccccc4c3)n2)CC1. The van der Waals surface area contributed by atoms with Gasteiger partial charge < -0.3 is 15.1 Å². The Morgan fingerprint density at radius 2 is 1.90 bits per heavy atom. The highest BCUT2D eigenvalue weighted by Crippen LogP contribution is 2.25. The fourth-order valence-electron chi connectivity index (χ4n) is 3.91. The van der Waals surface area contributed by atoms with Gasteiger partial charge in [0.1, 0.15) is 0 Å². The van der Waals surface area contributed by atoms with Gasteiger partial charge >= 0.3 is 6.03 Å². The first-order valence-corrected chi connectivity index (χ1v) is 10.2. The van der Waals surface area contributed by atoms with Crippen LogP contribution in [0.1, 0.15) is 19.8 Å². The Labute approximate surface area is 171 Å². The summed E-state index contributed by atoms with van der Waals surface area (Å²) >= 11 is 0. The first-order chi connectivity index (χ1) is 14.2. The van der Waals surface area contributed by atoms with Crippen LogP contribution in [0.15, 0.2) is 54.7 Å². The number of aromatic nitrogens is 2. The highest BCUT2D eigenvalue weighted by Gasteiger charge is 2.26. The van der Waals surface area contributed by atoms with E-state index in [-0.39, 0.29) is 6.03 Å². The van der Waals surface area contributed by atoms with E-state index >= 15 is 0 Å². The molecule has 2 aromatic carbocycles. The molecule has 1 saturated heterocycles. The first kappa shape index (κ1) is 19.2. The Balaban J connectivity index is 1.49. The molecule has 6 nitrogen and oxygen atoms in total. The third-order valence-electron chi connectivity index (χ3n) is 5.63. The van der Waals surface area contributed by atoms with Crippen molar-refractivity contribution in [2.75, 3.05) is 31.6 Å². The second-order valence-electron chi connectivity index (χ2n) is 7.47. The predicted octanol–water partition coefficient (Wildman–Crippen LogP) is 3.93. The smallest absolute Gasteiger partial charge is 0.317 e. The molecule has 0 aliphatic carbocycles. The van der Waals surface area contributed by atoms with Crippen molar-refractivity contribution in [1.29, 1.82) is 0 Å². The van der Waals surface area contributed by atoms with Gasteiger partial charge in [0.05, 0.1) is 5.69 Å². The zero-order chi connectivity index (χ0) is 20.2. The zero-order valence-electron chi connectivity index (χ0n) is 17.0. The van der Waals surface area contributed by atoms with Gasteiger partial charge in [-0.3, -0.25) is 0 Å². The van der Waals surface area contributed by atoms with Crippen LogP contribution >= 0.6 is 0 Å². The van der Waals surface area contributed by atoms with E-state index < -0.39 is 0 Å². The van der Waals surface area contributed by atoms with Crippen LogP contribution < -0.4 is 10.2 Å². The quantitative estimate of drug-likeness (QED) is 0.735. The minimum atomic E-state index is 0.0307. The summed E-state index contributed by atoms with van der Waals surface area (Å²) in [5.41, 5.74) is 2.01. The number of anilines is 1. The van der Waals surface area contributed by atoms with Gasteiger partial charge in [0.2, 0.25) is 5.95 Å². The molecule has 0 saturated carbocycles. The van der Waals surface area contributed by atoms with E-state index in [1.54, 1.807) is 0 Å². The molecule has 1 aliphatic heterocycles. The van der Waals surface area contributed by atoms with Crippen molar-refractivity contribution in [3.8, 4) is 11.3 Å². The van der Waals surface area contributed by atoms with E-state index in [9.17, 15) is 4.79 Å². The minimum absolute atomic E-state index is 0.0307. The summed E-state index contributed by atoms with van der Waals surface area (Å²) < 4.78 is 0. The van der Waals surface area contributed by atoms with Gasteiger partial charge in [-0.15, -0.1) is 0 Å². The third kappa shape index (κ3) is 4.16. The summed E-state index contributed by atoms with van der Waals surface area (Å²) in [6, 6.07) is 17.1. The number of carbonyl (C=O) groups excluding carboxylic acids is 1. The Hall–Kier alpha value is -3.15. The average Bonchev–Trinajstić information content (AvgIpc) is 2.78. The molecule has 1 aromatic heterocycles. The molecule has 6 heteroatoms. The summed E-state index contributed by atoms with van der Waals surface area (Å²) in [6.07, 6.45) is 3.65. The van der Waals surface area contributed by atoms with Crippen molar-refractivity contribution in [2.45, 2.75) is 25.8 Å². The summed E-state index contributed by atoms with van der Waals surface area (Å²) in [5, 5.41) is 5.31. The van der Waals surface area contributed by atoms with Crippen LogP contribution in [0, 0.1) is 0 Å². The van der Waals surface area contributed by atoms with Gasteiger partial charge in [0, 0.05) is 44.5 Å². The van der Waals surface area contributed by atoms with Crippen LogP contribution in [0.4, 0.5) is 10.7 Å². The molecule has 0 atom stereocenters. The number of rotatable bonds is 4. The molecule has 0 spiro atoms. The maximum Gasteiger partial charge on any atom is 0.317 e. The number of hydrogen-bond acceptors (Lipinski definition) is 4. The Morgan fingerprint density at radius 1 is 1.14 bits per heavy atom. The molecule has 3 aromatic rings. The lowest BCUT2D eigenvalue weighted by atomic mass is 10.0. The molecular formula is C23H27N5O. The van der Waals surface area contributed by atoms with E-state index in [0.29, 0.717) is 12.6 Å². The van der Waals surface area contributed by atoms with Gasteiger partial charge in [-0.25, -0.2) is 14.8 Å². The van der Waals surface area contributed by atoms with Crippen molar-refractivity contribution >= 4 is 22.8 Å². The molecule has 0 unspecified atom stereocenters. The molecular weight excluding hydrogens is 362 g/mol. The Kier molecular flexibility index (Phi) is 5.60. The third-order valence-corrected chi connectivity index (χ3v) is 5.63. The Bertz CT molecular complexity index is 997. The summed E-state index contributed by atoms with van der Waals surface area (Å²) in [5.74, 6) is 0.729. The van der Waals surface area contributed by atoms with Gasteiger partial charge in [-0.1, -0.05) is 36.4 Å². The number of likely N-dealkylation sites (tertiary alicyclic amines) is 1. The lowest BCUT2D eigenvalue weighted by Crippen LogP contribution is -2.49. The van der Waals surface area contributed by atoms with Crippen molar-refractivity contribution < 1.29 is 4.79 Å². The molecule has 150 valence electrons. The van der Waals surface area contributed by atoms with Crippen LogP contribution in [0.5, 0.6) is 0 Å². The molecule has 2 heterocycles. The minimum Gasteiger partial charge on any atom is -0.341 e. The second-order valence-corrected chi connectivity index (χ2v) is 7.47. The van der Waals surface area contributed by atoms with Gasteiger partial charge in [-0.2, -0.15) is 0 Å². The highest BCUT2D eigenvalue weighted by molar-refractivity contribution is 5.86. The standard InChI is InChI=1S/C23H27N5O/c1-3-24-23(29)28-14-11-20(12-15-28)27(2)22-25-13-10-21(26-22)19-9-8-17-6-4-5-7-18(17)16-19/h4-10,13,16,20H,3,11-12,14-15H2,1-2H3,(H,24,29). The molecule has 29 heavy (non-hydrogen) atoms. The van der Waals surface area contributed by atoms with Crippen molar-refractivity contribution in [3.05, 3.63) is 54.7 Å². The lowest BCUT2D eigenvalue weighted by molar-refractivity contribution is 0.181. The van der Waals surface area contributed by atoms with E-state index in [1.807, 2.05) is 31.1 Å². The van der Waals surface area contributed by atoms with Gasteiger partial charge in [-0.05, 0) is 42.7 Å². The second kappa shape index (κ2) is 8.47. The summed E-state index contributed by atoms with van der Waals surface area (Å²) in [4.78, 5) is 25.4. The van der Waals surface area contributed by atoms with E-state index in [2.05, 4.69) is 57.7 Å².